The average Bonchev–Trinajstić information content (AvgIpc) is 3.01. The van der Waals surface area contributed by atoms with Crippen LogP contribution in [0.4, 0.5) is 15.6 Å². The lowest BCUT2D eigenvalue weighted by Crippen LogP contribution is -2.19. The molecule has 2 aromatic carbocycles. The predicted molar refractivity (Wildman–Crippen MR) is 94.8 cm³/mol. The Morgan fingerprint density at radius 1 is 1.08 bits per heavy atom. The molecule has 0 aliphatic rings. The van der Waals surface area contributed by atoms with Crippen LogP contribution in [0.1, 0.15) is 5.01 Å². The van der Waals surface area contributed by atoms with Crippen LogP contribution in [0, 0.1) is 0 Å². The van der Waals surface area contributed by atoms with E-state index >= 15 is 0 Å². The molecule has 0 aliphatic carbocycles. The second kappa shape index (κ2) is 7.76. The predicted octanol–water partition coefficient (Wildman–Crippen LogP) is 4.41. The summed E-state index contributed by atoms with van der Waals surface area (Å²) in [6.45, 7) is 0.291. The summed E-state index contributed by atoms with van der Waals surface area (Å²) < 4.78 is 5.58. The van der Waals surface area contributed by atoms with Crippen LogP contribution in [0.25, 0.3) is 0 Å². The van der Waals surface area contributed by atoms with Crippen molar-refractivity contribution in [1.29, 1.82) is 0 Å². The molecule has 2 amide bonds. The van der Waals surface area contributed by atoms with Crippen molar-refractivity contribution in [2.24, 2.45) is 0 Å². The van der Waals surface area contributed by atoms with E-state index in [9.17, 15) is 4.79 Å². The summed E-state index contributed by atoms with van der Waals surface area (Å²) >= 11 is 7.12. The maximum absolute atomic E-state index is 11.9. The number of ether oxygens (including phenoxy) is 1. The zero-order valence-electron chi connectivity index (χ0n) is 12.4. The van der Waals surface area contributed by atoms with Gasteiger partial charge in [-0.2, -0.15) is 0 Å². The van der Waals surface area contributed by atoms with Crippen molar-refractivity contribution >= 4 is 39.8 Å². The molecule has 0 fully saturated rings. The minimum absolute atomic E-state index is 0.291. The molecule has 0 unspecified atom stereocenters. The number of nitrogens with one attached hydrogen (secondary N) is 2. The van der Waals surface area contributed by atoms with Gasteiger partial charge in [0.2, 0.25) is 5.13 Å². The van der Waals surface area contributed by atoms with Gasteiger partial charge in [-0.15, -0.1) is 10.2 Å². The van der Waals surface area contributed by atoms with Gasteiger partial charge in [0.15, 0.2) is 5.01 Å². The van der Waals surface area contributed by atoms with Gasteiger partial charge in [0.05, 0.1) is 0 Å². The van der Waals surface area contributed by atoms with Crippen LogP contribution >= 0.6 is 22.9 Å². The topological polar surface area (TPSA) is 76.1 Å². The van der Waals surface area contributed by atoms with Gasteiger partial charge in [-0.05, 0) is 30.3 Å². The lowest BCUT2D eigenvalue weighted by Gasteiger charge is -2.05. The third-order valence-electron chi connectivity index (χ3n) is 2.88. The van der Waals surface area contributed by atoms with Crippen LogP contribution in [0.3, 0.4) is 0 Å². The van der Waals surface area contributed by atoms with E-state index in [1.807, 2.05) is 30.3 Å². The molecule has 0 radical (unpaired) electrons. The summed E-state index contributed by atoms with van der Waals surface area (Å²) in [5, 5.41) is 14.8. The first-order valence-corrected chi connectivity index (χ1v) is 8.22. The van der Waals surface area contributed by atoms with Gasteiger partial charge in [0.25, 0.3) is 0 Å². The van der Waals surface area contributed by atoms with Gasteiger partial charge in [0, 0.05) is 10.7 Å². The smallest absolute Gasteiger partial charge is 0.325 e. The third kappa shape index (κ3) is 4.68. The quantitative estimate of drug-likeness (QED) is 0.706. The lowest BCUT2D eigenvalue weighted by molar-refractivity contribution is 0.262. The molecule has 1 aromatic heterocycles. The molecule has 1 heterocycles. The monoisotopic (exact) mass is 360 g/mol. The van der Waals surface area contributed by atoms with E-state index in [2.05, 4.69) is 20.8 Å². The van der Waals surface area contributed by atoms with Gasteiger partial charge in [-0.3, -0.25) is 5.32 Å². The van der Waals surface area contributed by atoms with E-state index in [0.29, 0.717) is 27.5 Å². The highest BCUT2D eigenvalue weighted by Gasteiger charge is 2.09. The molecule has 6 nitrogen and oxygen atoms in total. The Labute approximate surface area is 147 Å². The molecule has 0 saturated carbocycles. The highest BCUT2D eigenvalue weighted by Crippen LogP contribution is 2.19. The Hall–Kier alpha value is -2.64. The number of aromatic nitrogens is 2. The Kier molecular flexibility index (Phi) is 5.25. The summed E-state index contributed by atoms with van der Waals surface area (Å²) in [6.07, 6.45) is 0. The number of hydrogen-bond acceptors (Lipinski definition) is 5. The highest BCUT2D eigenvalue weighted by molar-refractivity contribution is 7.15. The Bertz CT molecular complexity index is 826. The molecular formula is C16H13ClN4O2S. The first kappa shape index (κ1) is 16.2. The fourth-order valence-corrected chi connectivity index (χ4v) is 2.69. The molecule has 0 atom stereocenters. The Balaban J connectivity index is 1.53. The normalized spacial score (nSPS) is 10.2. The number of nitrogens with zero attached hydrogens (tertiary/aromatic N) is 2. The zero-order valence-corrected chi connectivity index (χ0v) is 14.0. The largest absolute Gasteiger partial charge is 0.486 e. The Morgan fingerprint density at radius 2 is 1.92 bits per heavy atom. The van der Waals surface area contributed by atoms with Crippen molar-refractivity contribution in [2.75, 3.05) is 10.6 Å². The molecule has 0 spiro atoms. The third-order valence-corrected chi connectivity index (χ3v) is 3.92. The number of halogens is 1. The van der Waals surface area contributed by atoms with Gasteiger partial charge < -0.3 is 10.1 Å². The lowest BCUT2D eigenvalue weighted by atomic mass is 10.3. The maximum Gasteiger partial charge on any atom is 0.325 e. The number of para-hydroxylation sites is 1. The molecule has 0 aliphatic heterocycles. The van der Waals surface area contributed by atoms with Crippen molar-refractivity contribution in [2.45, 2.75) is 6.61 Å². The number of carbonyl (C=O) groups is 1. The van der Waals surface area contributed by atoms with Crippen molar-refractivity contribution in [3.63, 3.8) is 0 Å². The Morgan fingerprint density at radius 3 is 2.71 bits per heavy atom. The summed E-state index contributed by atoms with van der Waals surface area (Å²) in [7, 11) is 0. The summed E-state index contributed by atoms with van der Waals surface area (Å²) in [4.78, 5) is 11.9. The molecule has 0 saturated heterocycles. The van der Waals surface area contributed by atoms with E-state index in [-0.39, 0.29) is 0 Å². The fourth-order valence-electron chi connectivity index (χ4n) is 1.85. The molecule has 3 aromatic rings. The van der Waals surface area contributed by atoms with E-state index in [0.717, 1.165) is 5.75 Å². The molecule has 3 rings (SSSR count). The second-order valence-electron chi connectivity index (χ2n) is 4.69. The van der Waals surface area contributed by atoms with Gasteiger partial charge in [0.1, 0.15) is 12.4 Å². The van der Waals surface area contributed by atoms with Crippen LogP contribution in [-0.4, -0.2) is 16.2 Å². The number of rotatable bonds is 5. The van der Waals surface area contributed by atoms with Crippen LogP contribution in [0.15, 0.2) is 54.6 Å². The zero-order chi connectivity index (χ0) is 16.8. The summed E-state index contributed by atoms with van der Waals surface area (Å²) in [6, 6.07) is 15.9. The number of anilines is 2. The first-order valence-electron chi connectivity index (χ1n) is 7.03. The number of hydrogen-bond donors (Lipinski definition) is 2. The second-order valence-corrected chi connectivity index (χ2v) is 6.19. The highest BCUT2D eigenvalue weighted by atomic mass is 35.5. The summed E-state index contributed by atoms with van der Waals surface area (Å²) in [5.41, 5.74) is 0.595. The van der Waals surface area contributed by atoms with Gasteiger partial charge in [-0.1, -0.05) is 47.2 Å². The molecule has 122 valence electrons. The van der Waals surface area contributed by atoms with Crippen LogP contribution in [-0.2, 0) is 6.61 Å². The van der Waals surface area contributed by atoms with Gasteiger partial charge in [-0.25, -0.2) is 4.79 Å². The van der Waals surface area contributed by atoms with Crippen molar-refractivity contribution in [3.8, 4) is 5.75 Å². The number of carbonyl (C=O) groups excluding carboxylic acids is 1. The molecule has 2 N–H and O–H groups in total. The summed E-state index contributed by atoms with van der Waals surface area (Å²) in [5.74, 6) is 0.751. The maximum atomic E-state index is 11.9. The molecule has 0 bridgehead atoms. The van der Waals surface area contributed by atoms with Crippen LogP contribution in [0.5, 0.6) is 5.75 Å². The minimum atomic E-state index is -0.413. The van der Waals surface area contributed by atoms with Crippen LogP contribution < -0.4 is 15.4 Å². The van der Waals surface area contributed by atoms with Gasteiger partial charge >= 0.3 is 6.03 Å². The first-order chi connectivity index (χ1) is 11.7. The van der Waals surface area contributed by atoms with E-state index < -0.39 is 6.03 Å². The van der Waals surface area contributed by atoms with Crippen molar-refractivity contribution < 1.29 is 9.53 Å². The van der Waals surface area contributed by atoms with E-state index in [1.165, 1.54) is 11.3 Å². The van der Waals surface area contributed by atoms with E-state index in [4.69, 9.17) is 16.3 Å². The average molecular weight is 361 g/mol. The van der Waals surface area contributed by atoms with Crippen molar-refractivity contribution in [3.05, 3.63) is 64.6 Å². The fraction of sp³-hybridized carbons (Fsp3) is 0.0625. The number of urea groups is 1. The number of amides is 2. The molecule has 24 heavy (non-hydrogen) atoms. The van der Waals surface area contributed by atoms with Crippen molar-refractivity contribution in [1.82, 2.24) is 10.2 Å². The standard InChI is InChI=1S/C16H13ClN4O2S/c17-11-5-4-6-12(9-11)18-15(22)19-16-21-20-14(24-16)10-23-13-7-2-1-3-8-13/h1-9H,10H2,(H2,18,19,21,22). The number of benzene rings is 2. The van der Waals surface area contributed by atoms with Crippen LogP contribution in [0.2, 0.25) is 5.02 Å². The van der Waals surface area contributed by atoms with E-state index in [1.54, 1.807) is 24.3 Å². The SMILES string of the molecule is O=C(Nc1cccc(Cl)c1)Nc1nnc(COc2ccccc2)s1. The minimum Gasteiger partial charge on any atom is -0.486 e. The molecule has 8 heteroatoms. The molecular weight excluding hydrogens is 348 g/mol.